The van der Waals surface area contributed by atoms with E-state index in [1.807, 2.05) is 0 Å². The first-order chi connectivity index (χ1) is 9.27. The van der Waals surface area contributed by atoms with Gasteiger partial charge < -0.3 is 5.11 Å². The molecule has 0 heterocycles. The minimum absolute atomic E-state index is 0.186. The Morgan fingerprint density at radius 1 is 1.35 bits per heavy atom. The number of rotatable bonds is 2. The molecule has 0 radical (unpaired) electrons. The maximum atomic E-state index is 11.3. The fourth-order valence-corrected chi connectivity index (χ4v) is 2.59. The first kappa shape index (κ1) is 13.7. The minimum Gasteiger partial charge on any atom is -0.501 e. The molecule has 20 heavy (non-hydrogen) atoms. The number of nitro benzene ring substituents is 1. The molecular weight excluding hydrogens is 290 g/mol. The van der Waals surface area contributed by atoms with Crippen molar-refractivity contribution in [2.75, 3.05) is 0 Å². The molecule has 0 aromatic heterocycles. The van der Waals surface area contributed by atoms with E-state index < -0.39 is 42.4 Å². The highest BCUT2D eigenvalue weighted by molar-refractivity contribution is 7.86. The lowest BCUT2D eigenvalue weighted by atomic mass is 10.1. The predicted octanol–water partition coefficient (Wildman–Crippen LogP) is 2.18. The number of aromatic hydroxyl groups is 1. The van der Waals surface area contributed by atoms with E-state index >= 15 is 0 Å². The quantitative estimate of drug-likeness (QED) is 0.373. The van der Waals surface area contributed by atoms with Crippen LogP contribution >= 0.6 is 0 Å². The first-order valence-electron chi connectivity index (χ1n) is 5.03. The number of phenolic OH excluding ortho intramolecular Hbond substituents is 1. The fraction of sp³-hybridized carbons (Fsp3) is 0. The lowest BCUT2D eigenvalue weighted by Gasteiger charge is -2.04. The maximum Gasteiger partial charge on any atom is 0.434 e. The van der Waals surface area contributed by atoms with Gasteiger partial charge in [-0.3, -0.25) is 14.7 Å². The van der Waals surface area contributed by atoms with Crippen molar-refractivity contribution in [3.8, 4) is 5.75 Å². The van der Waals surface area contributed by atoms with Crippen LogP contribution in [0.4, 0.5) is 11.4 Å². The third kappa shape index (κ3) is 2.00. The van der Waals surface area contributed by atoms with Crippen molar-refractivity contribution in [2.24, 2.45) is 0 Å². The second kappa shape index (κ2) is 4.41. The summed E-state index contributed by atoms with van der Waals surface area (Å²) in [6.45, 7) is 0. The molecule has 0 amide bonds. The summed E-state index contributed by atoms with van der Waals surface area (Å²) in [7, 11) is -4.82. The molecule has 0 atom stereocenters. The summed E-state index contributed by atoms with van der Waals surface area (Å²) in [6.07, 6.45) is 0. The summed E-state index contributed by atoms with van der Waals surface area (Å²) in [4.78, 5) is 12.0. The predicted molar refractivity (Wildman–Crippen MR) is 66.8 cm³/mol. The summed E-state index contributed by atoms with van der Waals surface area (Å²) in [5, 5.41) is 28.7. The summed E-state index contributed by atoms with van der Waals surface area (Å²) < 4.78 is 31.7. The molecule has 0 saturated heterocycles. The molecule has 2 aromatic rings. The van der Waals surface area contributed by atoms with E-state index in [1.54, 1.807) is 0 Å². The average molecular weight is 296 g/mol. The lowest BCUT2D eigenvalue weighted by molar-refractivity contribution is -0.383. The second-order valence-electron chi connectivity index (χ2n) is 3.77. The van der Waals surface area contributed by atoms with Crippen molar-refractivity contribution in [2.45, 2.75) is 4.90 Å². The van der Waals surface area contributed by atoms with Crippen LogP contribution in [0, 0.1) is 15.5 Å². The van der Waals surface area contributed by atoms with E-state index in [2.05, 4.69) is 4.98 Å². The highest BCUT2D eigenvalue weighted by Crippen LogP contribution is 2.42. The summed E-state index contributed by atoms with van der Waals surface area (Å²) >= 11 is 0. The van der Waals surface area contributed by atoms with E-state index in [-0.39, 0.29) is 5.39 Å². The molecule has 0 bridgehead atoms. The van der Waals surface area contributed by atoms with Crippen molar-refractivity contribution >= 4 is 32.3 Å². The Balaban J connectivity index is 3.18. The van der Waals surface area contributed by atoms with Crippen molar-refractivity contribution in [3.05, 3.63) is 39.4 Å². The number of hydrogen-bond donors (Lipinski definition) is 2. The zero-order valence-electron chi connectivity index (χ0n) is 9.59. The van der Waals surface area contributed by atoms with Crippen LogP contribution in [0.5, 0.6) is 5.75 Å². The molecule has 0 fully saturated rings. The van der Waals surface area contributed by atoms with Crippen LogP contribution in [0.3, 0.4) is 0 Å². The van der Waals surface area contributed by atoms with Crippen LogP contribution in [0.15, 0.2) is 29.2 Å². The van der Waals surface area contributed by atoms with Gasteiger partial charge in [0.15, 0.2) is 4.98 Å². The molecule has 0 unspecified atom stereocenters. The molecular formula is C10H6N3O6S+. The third-order valence-electron chi connectivity index (χ3n) is 2.63. The van der Waals surface area contributed by atoms with Crippen LogP contribution in [0.1, 0.15) is 0 Å². The highest BCUT2D eigenvalue weighted by Gasteiger charge is 2.30. The van der Waals surface area contributed by atoms with E-state index in [9.17, 15) is 23.6 Å². The van der Waals surface area contributed by atoms with Gasteiger partial charge in [-0.15, -0.1) is 0 Å². The van der Waals surface area contributed by atoms with E-state index in [0.717, 1.165) is 6.07 Å². The van der Waals surface area contributed by atoms with Crippen molar-refractivity contribution in [1.82, 2.24) is 0 Å². The number of nitro groups is 1. The Labute approximate surface area is 111 Å². The van der Waals surface area contributed by atoms with E-state index in [1.165, 1.54) is 12.1 Å². The van der Waals surface area contributed by atoms with Gasteiger partial charge in [0.25, 0.3) is 15.8 Å². The molecule has 0 aliphatic rings. The van der Waals surface area contributed by atoms with Gasteiger partial charge in [-0.2, -0.15) is 8.42 Å². The number of nitrogens with zero attached hydrogens (tertiary/aromatic N) is 3. The van der Waals surface area contributed by atoms with Crippen LogP contribution < -0.4 is 0 Å². The molecule has 102 valence electrons. The fourth-order valence-electron chi connectivity index (χ4n) is 1.86. The van der Waals surface area contributed by atoms with Crippen LogP contribution in [0.2, 0.25) is 0 Å². The molecule has 0 spiro atoms. The molecule has 0 aliphatic carbocycles. The molecule has 2 N–H and O–H groups in total. The van der Waals surface area contributed by atoms with E-state index in [0.29, 0.717) is 6.07 Å². The van der Waals surface area contributed by atoms with Gasteiger partial charge in [-0.05, 0) is 6.07 Å². The Bertz CT molecular complexity index is 884. The standard InChI is InChI=1S/C10H5N3O6S/c11-12-10-5-2-1-3-6(13(15)16)9(5)8(4-7(10)14)20(17,18)19/h1-4H,(H-,14,17,18,19)/p+1. The molecule has 0 aliphatic heterocycles. The molecule has 9 nitrogen and oxygen atoms in total. The van der Waals surface area contributed by atoms with Gasteiger partial charge in [-0.1, -0.05) is 6.07 Å². The van der Waals surface area contributed by atoms with Gasteiger partial charge >= 0.3 is 5.69 Å². The monoisotopic (exact) mass is 296 g/mol. The number of hydrogen-bond acceptors (Lipinski definition) is 6. The summed E-state index contributed by atoms with van der Waals surface area (Å²) in [5.74, 6) is -0.742. The molecule has 0 saturated carbocycles. The largest absolute Gasteiger partial charge is 0.501 e. The van der Waals surface area contributed by atoms with Gasteiger partial charge in [-0.25, -0.2) is 0 Å². The van der Waals surface area contributed by atoms with Gasteiger partial charge in [0, 0.05) is 12.1 Å². The van der Waals surface area contributed by atoms with E-state index in [4.69, 9.17) is 9.95 Å². The molecule has 10 heteroatoms. The number of fused-ring (bicyclic) bond motifs is 1. The Kier molecular flexibility index (Phi) is 3.01. The number of non-ortho nitro benzene ring substituents is 1. The highest BCUT2D eigenvalue weighted by atomic mass is 32.2. The van der Waals surface area contributed by atoms with Crippen LogP contribution in [-0.4, -0.2) is 23.0 Å². The Morgan fingerprint density at radius 3 is 2.50 bits per heavy atom. The van der Waals surface area contributed by atoms with Crippen LogP contribution in [0.25, 0.3) is 15.7 Å². The normalized spacial score (nSPS) is 11.2. The maximum absolute atomic E-state index is 11.3. The topological polar surface area (TPSA) is 146 Å². The van der Waals surface area contributed by atoms with Gasteiger partial charge in [0.2, 0.25) is 11.1 Å². The Hall–Kier alpha value is -2.77. The Morgan fingerprint density at radius 2 is 2.00 bits per heavy atom. The number of diazo groups is 1. The molecule has 2 rings (SSSR count). The van der Waals surface area contributed by atoms with Crippen molar-refractivity contribution in [3.63, 3.8) is 0 Å². The molecule has 2 aromatic carbocycles. The van der Waals surface area contributed by atoms with Gasteiger partial charge in [0.05, 0.1) is 15.7 Å². The van der Waals surface area contributed by atoms with Gasteiger partial charge in [0.1, 0.15) is 4.90 Å². The lowest BCUT2D eigenvalue weighted by Crippen LogP contribution is -2.01. The second-order valence-corrected chi connectivity index (χ2v) is 5.16. The minimum atomic E-state index is -4.82. The zero-order valence-corrected chi connectivity index (χ0v) is 10.4. The average Bonchev–Trinajstić information content (AvgIpc) is 2.35. The summed E-state index contributed by atoms with van der Waals surface area (Å²) in [6, 6.07) is 4.04. The number of benzene rings is 2. The summed E-state index contributed by atoms with van der Waals surface area (Å²) in [5.41, 5.74) is -1.05. The first-order valence-corrected chi connectivity index (χ1v) is 6.47. The SMILES string of the molecule is N#[N+]c1c(O)cc(S(=O)(=O)O)c2c([N+](=O)[O-])cccc12. The van der Waals surface area contributed by atoms with Crippen LogP contribution in [-0.2, 0) is 10.1 Å². The van der Waals surface area contributed by atoms with Crippen molar-refractivity contribution in [1.29, 1.82) is 5.39 Å². The number of phenols is 1. The zero-order chi connectivity index (χ0) is 15.1. The third-order valence-corrected chi connectivity index (χ3v) is 3.51. The van der Waals surface area contributed by atoms with Crippen molar-refractivity contribution < 1.29 is 23.0 Å². The smallest absolute Gasteiger partial charge is 0.434 e.